The molecule has 1 amide bonds. The minimum atomic E-state index is -0.971. The summed E-state index contributed by atoms with van der Waals surface area (Å²) in [5, 5.41) is 13.2. The van der Waals surface area contributed by atoms with Gasteiger partial charge in [0.2, 0.25) is 0 Å². The first-order valence-electron chi connectivity index (χ1n) is 8.00. The van der Waals surface area contributed by atoms with E-state index < -0.39 is 29.4 Å². The van der Waals surface area contributed by atoms with E-state index in [1.54, 1.807) is 6.92 Å². The first-order chi connectivity index (χ1) is 13.3. The number of carbonyl (C=O) groups excluding carboxylic acids is 3. The molecule has 28 heavy (non-hydrogen) atoms. The number of esters is 2. The third-order valence-corrected chi connectivity index (χ3v) is 3.72. The molecular formula is C18H15ClN2O7. The Labute approximate surface area is 164 Å². The quantitative estimate of drug-likeness (QED) is 0.425. The van der Waals surface area contributed by atoms with E-state index in [1.165, 1.54) is 30.3 Å². The van der Waals surface area contributed by atoms with Gasteiger partial charge >= 0.3 is 11.9 Å². The summed E-state index contributed by atoms with van der Waals surface area (Å²) >= 11 is 5.84. The second-order valence-corrected chi connectivity index (χ2v) is 5.75. The zero-order chi connectivity index (χ0) is 20.7. The van der Waals surface area contributed by atoms with E-state index in [1.807, 2.05) is 0 Å². The molecule has 9 nitrogen and oxygen atoms in total. The fraction of sp³-hybridized carbons (Fsp3) is 0.167. The van der Waals surface area contributed by atoms with Crippen LogP contribution in [0.25, 0.3) is 0 Å². The molecule has 2 aromatic carbocycles. The highest BCUT2D eigenvalue weighted by Gasteiger charge is 2.18. The number of hydrogen-bond acceptors (Lipinski definition) is 7. The smallest absolute Gasteiger partial charge is 0.340 e. The fourth-order valence-corrected chi connectivity index (χ4v) is 2.29. The fourth-order valence-electron chi connectivity index (χ4n) is 2.09. The lowest BCUT2D eigenvalue weighted by atomic mass is 10.2. The molecule has 0 aromatic heterocycles. The SMILES string of the molecule is CCOC(=O)c1ccc(NC(=O)COC(=O)c2cc([N+](=O)[O-])ccc2Cl)cc1. The van der Waals surface area contributed by atoms with E-state index in [0.29, 0.717) is 11.3 Å². The number of non-ortho nitro benzene ring substituents is 1. The van der Waals surface area contributed by atoms with E-state index in [-0.39, 0.29) is 22.9 Å². The summed E-state index contributed by atoms with van der Waals surface area (Å²) in [5.41, 5.74) is 0.152. The lowest BCUT2D eigenvalue weighted by molar-refractivity contribution is -0.384. The maximum atomic E-state index is 12.0. The van der Waals surface area contributed by atoms with Gasteiger partial charge in [-0.2, -0.15) is 0 Å². The van der Waals surface area contributed by atoms with Crippen molar-refractivity contribution in [2.75, 3.05) is 18.5 Å². The minimum absolute atomic E-state index is 0.0365. The van der Waals surface area contributed by atoms with Crippen LogP contribution in [-0.4, -0.2) is 36.0 Å². The Hall–Kier alpha value is -3.46. The summed E-state index contributed by atoms with van der Waals surface area (Å²) in [5.74, 6) is -2.09. The van der Waals surface area contributed by atoms with Crippen LogP contribution in [0.5, 0.6) is 0 Å². The van der Waals surface area contributed by atoms with Gasteiger partial charge in [0.15, 0.2) is 6.61 Å². The van der Waals surface area contributed by atoms with Crippen LogP contribution < -0.4 is 5.32 Å². The van der Waals surface area contributed by atoms with Crippen LogP contribution in [-0.2, 0) is 14.3 Å². The molecule has 0 saturated carbocycles. The number of ether oxygens (including phenoxy) is 2. The monoisotopic (exact) mass is 406 g/mol. The number of nitro benzene ring substituents is 1. The van der Waals surface area contributed by atoms with Crippen LogP contribution in [0, 0.1) is 10.1 Å². The van der Waals surface area contributed by atoms with Crippen LogP contribution in [0.1, 0.15) is 27.6 Å². The van der Waals surface area contributed by atoms with E-state index in [2.05, 4.69) is 5.32 Å². The average Bonchev–Trinajstić information content (AvgIpc) is 2.67. The predicted molar refractivity (Wildman–Crippen MR) is 99.4 cm³/mol. The molecule has 0 heterocycles. The second kappa shape index (κ2) is 9.47. The molecule has 0 aliphatic rings. The number of rotatable bonds is 7. The molecule has 2 aromatic rings. The van der Waals surface area contributed by atoms with Gasteiger partial charge in [0.25, 0.3) is 11.6 Å². The van der Waals surface area contributed by atoms with Crippen LogP contribution in [0.15, 0.2) is 42.5 Å². The van der Waals surface area contributed by atoms with Crippen molar-refractivity contribution < 1.29 is 28.8 Å². The summed E-state index contributed by atoms with van der Waals surface area (Å²) in [7, 11) is 0. The van der Waals surface area contributed by atoms with Gasteiger partial charge in [-0.3, -0.25) is 14.9 Å². The van der Waals surface area contributed by atoms with Crippen molar-refractivity contribution in [1.29, 1.82) is 0 Å². The summed E-state index contributed by atoms with van der Waals surface area (Å²) in [6.45, 7) is 1.31. The highest BCUT2D eigenvalue weighted by molar-refractivity contribution is 6.33. The van der Waals surface area contributed by atoms with Crippen LogP contribution in [0.3, 0.4) is 0 Å². The lowest BCUT2D eigenvalue weighted by Gasteiger charge is -2.08. The number of carbonyl (C=O) groups is 3. The molecular weight excluding hydrogens is 392 g/mol. The van der Waals surface area contributed by atoms with Gasteiger partial charge in [0.05, 0.1) is 27.7 Å². The lowest BCUT2D eigenvalue weighted by Crippen LogP contribution is -2.21. The summed E-state index contributed by atoms with van der Waals surface area (Å²) in [6.07, 6.45) is 0. The first kappa shape index (κ1) is 20.8. The van der Waals surface area contributed by atoms with Gasteiger partial charge in [-0.15, -0.1) is 0 Å². The normalized spacial score (nSPS) is 10.1. The van der Waals surface area contributed by atoms with Crippen molar-refractivity contribution in [2.45, 2.75) is 6.92 Å². The molecule has 0 aliphatic carbocycles. The van der Waals surface area contributed by atoms with Crippen molar-refractivity contribution in [2.24, 2.45) is 0 Å². The van der Waals surface area contributed by atoms with Crippen molar-refractivity contribution in [3.8, 4) is 0 Å². The second-order valence-electron chi connectivity index (χ2n) is 5.34. The number of nitro groups is 1. The Morgan fingerprint density at radius 2 is 1.75 bits per heavy atom. The first-order valence-corrected chi connectivity index (χ1v) is 8.37. The van der Waals surface area contributed by atoms with Gasteiger partial charge in [-0.1, -0.05) is 11.6 Å². The largest absolute Gasteiger partial charge is 0.462 e. The Balaban J connectivity index is 1.93. The molecule has 0 atom stereocenters. The van der Waals surface area contributed by atoms with Crippen molar-refractivity contribution in [1.82, 2.24) is 0 Å². The van der Waals surface area contributed by atoms with Crippen LogP contribution in [0.2, 0.25) is 5.02 Å². The zero-order valence-corrected chi connectivity index (χ0v) is 15.4. The number of benzene rings is 2. The third kappa shape index (κ3) is 5.52. The number of nitrogens with one attached hydrogen (secondary N) is 1. The highest BCUT2D eigenvalue weighted by Crippen LogP contribution is 2.22. The third-order valence-electron chi connectivity index (χ3n) is 3.39. The number of halogens is 1. The Morgan fingerprint density at radius 1 is 1.07 bits per heavy atom. The average molecular weight is 407 g/mol. The molecule has 2 rings (SSSR count). The Morgan fingerprint density at radius 3 is 2.36 bits per heavy atom. The molecule has 146 valence electrons. The van der Waals surface area contributed by atoms with Crippen molar-refractivity contribution >= 4 is 40.8 Å². The van der Waals surface area contributed by atoms with E-state index in [0.717, 1.165) is 12.1 Å². The molecule has 0 aliphatic heterocycles. The summed E-state index contributed by atoms with van der Waals surface area (Å²) in [4.78, 5) is 45.6. The topological polar surface area (TPSA) is 125 Å². The molecule has 10 heteroatoms. The van der Waals surface area contributed by atoms with Gasteiger partial charge < -0.3 is 14.8 Å². The molecule has 0 bridgehead atoms. The maximum Gasteiger partial charge on any atom is 0.340 e. The molecule has 0 radical (unpaired) electrons. The Kier molecular flexibility index (Phi) is 7.05. The van der Waals surface area contributed by atoms with Crippen molar-refractivity contribution in [3.05, 3.63) is 68.7 Å². The number of hydrogen-bond donors (Lipinski definition) is 1. The number of anilines is 1. The number of amides is 1. The van der Waals surface area contributed by atoms with Gasteiger partial charge in [-0.05, 0) is 37.3 Å². The van der Waals surface area contributed by atoms with E-state index >= 15 is 0 Å². The summed E-state index contributed by atoms with van der Waals surface area (Å²) < 4.78 is 9.69. The summed E-state index contributed by atoms with van der Waals surface area (Å²) in [6, 6.07) is 9.24. The van der Waals surface area contributed by atoms with Gasteiger partial charge in [-0.25, -0.2) is 9.59 Å². The molecule has 0 unspecified atom stereocenters. The highest BCUT2D eigenvalue weighted by atomic mass is 35.5. The molecule has 1 N–H and O–H groups in total. The van der Waals surface area contributed by atoms with E-state index in [9.17, 15) is 24.5 Å². The van der Waals surface area contributed by atoms with Gasteiger partial charge in [0, 0.05) is 17.8 Å². The van der Waals surface area contributed by atoms with Crippen LogP contribution in [0.4, 0.5) is 11.4 Å². The maximum absolute atomic E-state index is 12.0. The molecule has 0 spiro atoms. The number of nitrogens with zero attached hydrogens (tertiary/aromatic N) is 1. The predicted octanol–water partition coefficient (Wildman–Crippen LogP) is 3.22. The zero-order valence-electron chi connectivity index (χ0n) is 14.6. The standard InChI is InChI=1S/C18H15ClN2O7/c1-2-27-17(23)11-3-5-12(6-4-11)20-16(22)10-28-18(24)14-9-13(21(25)26)7-8-15(14)19/h3-9H,2,10H2,1H3,(H,20,22). The molecule has 0 saturated heterocycles. The van der Waals surface area contributed by atoms with Crippen LogP contribution >= 0.6 is 11.6 Å². The molecule has 0 fully saturated rings. The Bertz CT molecular complexity index is 913. The van der Waals surface area contributed by atoms with E-state index in [4.69, 9.17) is 21.1 Å². The van der Waals surface area contributed by atoms with Gasteiger partial charge in [0.1, 0.15) is 0 Å². The minimum Gasteiger partial charge on any atom is -0.462 e. The van der Waals surface area contributed by atoms with Crippen molar-refractivity contribution in [3.63, 3.8) is 0 Å².